The fourth-order valence-electron chi connectivity index (χ4n) is 4.88. The van der Waals surface area contributed by atoms with Crippen LogP contribution < -0.4 is 22.1 Å². The summed E-state index contributed by atoms with van der Waals surface area (Å²) in [5, 5.41) is 3.88. The number of benzene rings is 3. The number of aromatic nitrogens is 3. The van der Waals surface area contributed by atoms with Crippen molar-refractivity contribution in [3.05, 3.63) is 117 Å². The summed E-state index contributed by atoms with van der Waals surface area (Å²) in [7, 11) is -3.48. The van der Waals surface area contributed by atoms with Crippen molar-refractivity contribution in [3.63, 3.8) is 0 Å². The molecule has 1 atom stereocenters. The number of sulfone groups is 1. The summed E-state index contributed by atoms with van der Waals surface area (Å²) >= 11 is 0. The van der Waals surface area contributed by atoms with Crippen LogP contribution in [0, 0.1) is 0 Å². The molecule has 1 amide bonds. The van der Waals surface area contributed by atoms with Gasteiger partial charge in [0.1, 0.15) is 6.20 Å². The van der Waals surface area contributed by atoms with E-state index in [9.17, 15) is 27.6 Å². The highest BCUT2D eigenvalue weighted by atomic mass is 32.2. The standard InChI is InChI=1S/C27H23N5O6S/c1-39(37,38)21-10-7-18(8-11-21)27(24(34)25(35)31-30-19-5-3-2-4-6-19)14-13-17-15-20(9-12-22(17)27)32-26(36)29-23(33)16-28-32/h2-12,15-16,30H,13-14H2,1H3,(H,31,35)(H,29,33,36). The Hall–Kier alpha value is -4.84. The molecular formula is C27H23N5O6S. The van der Waals surface area contributed by atoms with Crippen molar-refractivity contribution in [3.8, 4) is 5.69 Å². The quantitative estimate of drug-likeness (QED) is 0.231. The maximum atomic E-state index is 13.9. The van der Waals surface area contributed by atoms with Crippen molar-refractivity contribution in [2.45, 2.75) is 23.2 Å². The maximum Gasteiger partial charge on any atom is 0.349 e. The van der Waals surface area contributed by atoms with Gasteiger partial charge in [-0.2, -0.15) is 9.78 Å². The van der Waals surface area contributed by atoms with Gasteiger partial charge in [-0.25, -0.2) is 13.2 Å². The summed E-state index contributed by atoms with van der Waals surface area (Å²) in [5.74, 6) is -1.61. The van der Waals surface area contributed by atoms with Crippen LogP contribution in [0.4, 0.5) is 5.69 Å². The number of nitrogens with zero attached hydrogens (tertiary/aromatic N) is 2. The zero-order chi connectivity index (χ0) is 27.8. The van der Waals surface area contributed by atoms with Crippen LogP contribution in [-0.2, 0) is 31.3 Å². The van der Waals surface area contributed by atoms with Crippen LogP contribution in [0.3, 0.4) is 0 Å². The first-order chi connectivity index (χ1) is 18.6. The number of amides is 1. The summed E-state index contributed by atoms with van der Waals surface area (Å²) in [4.78, 5) is 53.0. The van der Waals surface area contributed by atoms with Crippen molar-refractivity contribution < 1.29 is 18.0 Å². The summed E-state index contributed by atoms with van der Waals surface area (Å²) < 4.78 is 25.1. The first-order valence-electron chi connectivity index (χ1n) is 11.9. The molecule has 4 aromatic rings. The molecule has 5 rings (SSSR count). The monoisotopic (exact) mass is 545 g/mol. The first-order valence-corrected chi connectivity index (χ1v) is 13.8. The van der Waals surface area contributed by atoms with Crippen molar-refractivity contribution >= 4 is 27.2 Å². The second-order valence-electron chi connectivity index (χ2n) is 9.17. The van der Waals surface area contributed by atoms with E-state index in [1.54, 1.807) is 54.6 Å². The number of carbonyl (C=O) groups is 2. The van der Waals surface area contributed by atoms with Gasteiger partial charge >= 0.3 is 11.6 Å². The third-order valence-corrected chi connectivity index (χ3v) is 7.87. The van der Waals surface area contributed by atoms with E-state index >= 15 is 0 Å². The molecule has 0 saturated carbocycles. The van der Waals surface area contributed by atoms with E-state index in [1.807, 2.05) is 6.07 Å². The van der Waals surface area contributed by atoms with Crippen LogP contribution >= 0.6 is 0 Å². The molecule has 11 nitrogen and oxygen atoms in total. The number of anilines is 1. The third kappa shape index (κ3) is 4.77. The molecule has 1 heterocycles. The van der Waals surface area contributed by atoms with Gasteiger partial charge in [-0.1, -0.05) is 36.4 Å². The lowest BCUT2D eigenvalue weighted by atomic mass is 9.72. The van der Waals surface area contributed by atoms with Gasteiger partial charge in [-0.3, -0.25) is 30.2 Å². The van der Waals surface area contributed by atoms with Gasteiger partial charge in [-0.15, -0.1) is 0 Å². The van der Waals surface area contributed by atoms with Gasteiger partial charge in [0, 0.05) is 6.26 Å². The number of carbonyl (C=O) groups excluding carboxylic acids is 2. The van der Waals surface area contributed by atoms with E-state index in [0.29, 0.717) is 34.5 Å². The number of Topliss-reactive ketones (excluding diaryl/α,β-unsaturated/α-hetero) is 1. The lowest BCUT2D eigenvalue weighted by molar-refractivity contribution is -0.140. The summed E-state index contributed by atoms with van der Waals surface area (Å²) in [6.45, 7) is 0. The molecule has 0 fully saturated rings. The second kappa shape index (κ2) is 9.80. The molecule has 39 heavy (non-hydrogen) atoms. The van der Waals surface area contributed by atoms with Crippen LogP contribution in [0.2, 0.25) is 0 Å². The summed E-state index contributed by atoms with van der Waals surface area (Å²) in [6.07, 6.45) is 2.69. The first kappa shape index (κ1) is 25.8. The van der Waals surface area contributed by atoms with Crippen molar-refractivity contribution in [2.75, 3.05) is 11.7 Å². The number of nitrogens with one attached hydrogen (secondary N) is 3. The van der Waals surface area contributed by atoms with E-state index in [4.69, 9.17) is 0 Å². The minimum absolute atomic E-state index is 0.0844. The van der Waals surface area contributed by atoms with Crippen LogP contribution in [-0.4, -0.2) is 41.1 Å². The van der Waals surface area contributed by atoms with E-state index in [2.05, 4.69) is 20.9 Å². The number of para-hydroxylation sites is 1. The molecule has 198 valence electrons. The van der Waals surface area contributed by atoms with Crippen LogP contribution in [0.15, 0.2) is 93.5 Å². The lowest BCUT2D eigenvalue weighted by Crippen LogP contribution is -2.47. The maximum absolute atomic E-state index is 13.9. The molecule has 3 aromatic carbocycles. The predicted molar refractivity (Wildman–Crippen MR) is 142 cm³/mol. The minimum Gasteiger partial charge on any atom is -0.298 e. The Kier molecular flexibility index (Phi) is 6.48. The van der Waals surface area contributed by atoms with E-state index in [-0.39, 0.29) is 11.3 Å². The second-order valence-corrected chi connectivity index (χ2v) is 11.2. The third-order valence-electron chi connectivity index (χ3n) is 6.74. The van der Waals surface area contributed by atoms with Crippen LogP contribution in [0.1, 0.15) is 23.1 Å². The highest BCUT2D eigenvalue weighted by molar-refractivity contribution is 7.90. The Morgan fingerprint density at radius 3 is 2.38 bits per heavy atom. The Morgan fingerprint density at radius 2 is 1.72 bits per heavy atom. The highest BCUT2D eigenvalue weighted by Crippen LogP contribution is 2.45. The average molecular weight is 546 g/mol. The number of hydrogen-bond donors (Lipinski definition) is 3. The number of aryl methyl sites for hydroxylation is 1. The Morgan fingerprint density at radius 1 is 1.00 bits per heavy atom. The number of hydrazine groups is 1. The molecule has 0 saturated heterocycles. The zero-order valence-electron chi connectivity index (χ0n) is 20.7. The van der Waals surface area contributed by atoms with Crippen LogP contribution in [0.5, 0.6) is 0 Å². The number of H-pyrrole nitrogens is 1. The van der Waals surface area contributed by atoms with Gasteiger partial charge < -0.3 is 0 Å². The molecular weight excluding hydrogens is 522 g/mol. The molecule has 0 bridgehead atoms. The number of hydrogen-bond acceptors (Lipinski definition) is 8. The normalized spacial score (nSPS) is 16.3. The molecule has 0 spiro atoms. The fraction of sp³-hybridized carbons (Fsp3) is 0.148. The minimum atomic E-state index is -3.48. The Labute approximate surface area is 222 Å². The van der Waals surface area contributed by atoms with E-state index in [1.165, 1.54) is 12.1 Å². The summed E-state index contributed by atoms with van der Waals surface area (Å²) in [5.41, 5.74) is 5.12. The molecule has 0 aliphatic heterocycles. The van der Waals surface area contributed by atoms with Gasteiger partial charge in [0.2, 0.25) is 5.78 Å². The average Bonchev–Trinajstić information content (AvgIpc) is 3.31. The zero-order valence-corrected chi connectivity index (χ0v) is 21.5. The Bertz CT molecular complexity index is 1810. The van der Waals surface area contributed by atoms with Gasteiger partial charge in [0.15, 0.2) is 9.84 Å². The smallest absolute Gasteiger partial charge is 0.298 e. The SMILES string of the molecule is CS(=O)(=O)c1ccc(C2(C(=O)C(=O)NNc3ccccc3)CCc3cc(-n4ncc(=O)[nH]c4=O)ccc32)cc1. The molecule has 12 heteroatoms. The molecule has 1 aliphatic carbocycles. The topological polar surface area (TPSA) is 160 Å². The summed E-state index contributed by atoms with van der Waals surface area (Å²) in [6, 6.07) is 19.6. The van der Waals surface area contributed by atoms with E-state index in [0.717, 1.165) is 17.1 Å². The van der Waals surface area contributed by atoms with Crippen molar-refractivity contribution in [1.82, 2.24) is 20.2 Å². The van der Waals surface area contributed by atoms with Gasteiger partial charge in [-0.05, 0) is 65.9 Å². The molecule has 1 unspecified atom stereocenters. The fourth-order valence-corrected chi connectivity index (χ4v) is 5.51. The predicted octanol–water partition coefficient (Wildman–Crippen LogP) is 1.27. The number of fused-ring (bicyclic) bond motifs is 1. The number of aromatic amines is 1. The number of rotatable bonds is 7. The van der Waals surface area contributed by atoms with Gasteiger partial charge in [0.05, 0.1) is 21.7 Å². The van der Waals surface area contributed by atoms with Crippen molar-refractivity contribution in [2.24, 2.45) is 0 Å². The molecule has 1 aromatic heterocycles. The van der Waals surface area contributed by atoms with Crippen molar-refractivity contribution in [1.29, 1.82) is 0 Å². The molecule has 3 N–H and O–H groups in total. The largest absolute Gasteiger partial charge is 0.349 e. The van der Waals surface area contributed by atoms with E-state index < -0.39 is 38.2 Å². The molecule has 0 radical (unpaired) electrons. The molecule has 1 aliphatic rings. The van der Waals surface area contributed by atoms with Gasteiger partial charge in [0.25, 0.3) is 5.56 Å². The highest BCUT2D eigenvalue weighted by Gasteiger charge is 2.49. The lowest BCUT2D eigenvalue weighted by Gasteiger charge is -2.29. The Balaban J connectivity index is 1.58. The number of ketones is 1. The van der Waals surface area contributed by atoms with Crippen LogP contribution in [0.25, 0.3) is 5.69 Å².